The zero-order chi connectivity index (χ0) is 18.1. The van der Waals surface area contributed by atoms with Crippen LogP contribution in [0.1, 0.15) is 38.7 Å². The summed E-state index contributed by atoms with van der Waals surface area (Å²) in [4.78, 5) is 7.07. The van der Waals surface area contributed by atoms with Crippen LogP contribution < -0.4 is 5.32 Å². The first kappa shape index (κ1) is 20.9. The van der Waals surface area contributed by atoms with Crippen molar-refractivity contribution in [2.24, 2.45) is 22.2 Å². The standard InChI is InChI=1S/C22H33N3O.HI/c1-22(2)19(18-11-14-26-20(18)22)24-21(23-3)25-12-9-17(10-13-25)15-16-7-5-4-6-8-16;/h4-8,17-20H,9-15H2,1-3H3,(H,23,24);1H. The van der Waals surface area contributed by atoms with Crippen molar-refractivity contribution in [2.75, 3.05) is 26.7 Å². The van der Waals surface area contributed by atoms with Gasteiger partial charge in [0, 0.05) is 44.1 Å². The smallest absolute Gasteiger partial charge is 0.193 e. The monoisotopic (exact) mass is 483 g/mol. The van der Waals surface area contributed by atoms with E-state index in [0.717, 1.165) is 31.6 Å². The lowest BCUT2D eigenvalue weighted by atomic mass is 9.57. The Bertz CT molecular complexity index is 640. The zero-order valence-electron chi connectivity index (χ0n) is 16.9. The summed E-state index contributed by atoms with van der Waals surface area (Å²) < 4.78 is 5.94. The fourth-order valence-electron chi connectivity index (χ4n) is 5.35. The molecule has 2 heterocycles. The van der Waals surface area contributed by atoms with E-state index in [1.54, 1.807) is 0 Å². The van der Waals surface area contributed by atoms with Crippen molar-refractivity contribution in [1.82, 2.24) is 10.2 Å². The van der Waals surface area contributed by atoms with Gasteiger partial charge in [0.25, 0.3) is 0 Å². The van der Waals surface area contributed by atoms with Crippen molar-refractivity contribution < 1.29 is 4.74 Å². The molecule has 5 heteroatoms. The van der Waals surface area contributed by atoms with Gasteiger partial charge in [-0.2, -0.15) is 0 Å². The van der Waals surface area contributed by atoms with E-state index in [1.165, 1.54) is 31.2 Å². The Morgan fingerprint density at radius 2 is 1.89 bits per heavy atom. The maximum absolute atomic E-state index is 5.94. The van der Waals surface area contributed by atoms with Crippen LogP contribution in [0.2, 0.25) is 0 Å². The number of ether oxygens (including phenoxy) is 1. The maximum atomic E-state index is 5.94. The molecule has 0 spiro atoms. The van der Waals surface area contributed by atoms with E-state index in [9.17, 15) is 0 Å². The minimum Gasteiger partial charge on any atom is -0.377 e. The Balaban J connectivity index is 0.00000210. The average molecular weight is 483 g/mol. The highest BCUT2D eigenvalue weighted by atomic mass is 127. The molecule has 1 N–H and O–H groups in total. The number of piperidine rings is 1. The molecule has 3 fully saturated rings. The van der Waals surface area contributed by atoms with Crippen LogP contribution in [0.25, 0.3) is 0 Å². The van der Waals surface area contributed by atoms with Gasteiger partial charge in [0.05, 0.1) is 6.10 Å². The van der Waals surface area contributed by atoms with Crippen LogP contribution in [0.3, 0.4) is 0 Å². The predicted octanol–water partition coefficient (Wildman–Crippen LogP) is 3.95. The summed E-state index contributed by atoms with van der Waals surface area (Å²) in [5, 5.41) is 3.79. The summed E-state index contributed by atoms with van der Waals surface area (Å²) in [6.45, 7) is 7.79. The lowest BCUT2D eigenvalue weighted by Gasteiger charge is -2.55. The molecule has 4 nitrogen and oxygen atoms in total. The molecular formula is C22H34IN3O. The molecule has 27 heavy (non-hydrogen) atoms. The number of guanidine groups is 1. The van der Waals surface area contributed by atoms with Crippen molar-refractivity contribution in [2.45, 2.75) is 51.7 Å². The Morgan fingerprint density at radius 3 is 2.56 bits per heavy atom. The number of nitrogens with one attached hydrogen (secondary N) is 1. The second kappa shape index (κ2) is 8.68. The SMILES string of the molecule is CN=C(NC1C2CCOC2C1(C)C)N1CCC(Cc2ccccc2)CC1.I. The molecule has 0 radical (unpaired) electrons. The van der Waals surface area contributed by atoms with Gasteiger partial charge in [-0.25, -0.2) is 0 Å². The minimum atomic E-state index is 0. The van der Waals surface area contributed by atoms with E-state index in [-0.39, 0.29) is 29.4 Å². The molecular weight excluding hydrogens is 449 g/mol. The first-order valence-corrected chi connectivity index (χ1v) is 10.2. The number of likely N-dealkylation sites (tertiary alicyclic amines) is 1. The lowest BCUT2D eigenvalue weighted by Crippen LogP contribution is -2.68. The quantitative estimate of drug-likeness (QED) is 0.402. The predicted molar refractivity (Wildman–Crippen MR) is 122 cm³/mol. The van der Waals surface area contributed by atoms with Crippen LogP contribution in [0, 0.1) is 17.3 Å². The van der Waals surface area contributed by atoms with Crippen molar-refractivity contribution >= 4 is 29.9 Å². The van der Waals surface area contributed by atoms with E-state index < -0.39 is 0 Å². The summed E-state index contributed by atoms with van der Waals surface area (Å²) in [6, 6.07) is 11.4. The lowest BCUT2D eigenvalue weighted by molar-refractivity contribution is -0.107. The third-order valence-electron chi connectivity index (χ3n) is 6.88. The maximum Gasteiger partial charge on any atom is 0.193 e. The Hall–Kier alpha value is -0.820. The molecule has 2 saturated heterocycles. The largest absolute Gasteiger partial charge is 0.377 e. The molecule has 1 saturated carbocycles. The first-order valence-electron chi connectivity index (χ1n) is 10.2. The Kier molecular flexibility index (Phi) is 6.72. The number of rotatable bonds is 3. The fraction of sp³-hybridized carbons (Fsp3) is 0.682. The van der Waals surface area contributed by atoms with Gasteiger partial charge in [-0.3, -0.25) is 4.99 Å². The number of benzene rings is 1. The summed E-state index contributed by atoms with van der Waals surface area (Å²) >= 11 is 0. The molecule has 0 amide bonds. The van der Waals surface area contributed by atoms with Crippen LogP contribution in [0.15, 0.2) is 35.3 Å². The van der Waals surface area contributed by atoms with Crippen molar-refractivity contribution in [3.8, 4) is 0 Å². The Morgan fingerprint density at radius 1 is 1.19 bits per heavy atom. The van der Waals surface area contributed by atoms with Gasteiger partial charge >= 0.3 is 0 Å². The highest BCUT2D eigenvalue weighted by molar-refractivity contribution is 14.0. The van der Waals surface area contributed by atoms with Crippen LogP contribution in [0.4, 0.5) is 0 Å². The van der Waals surface area contributed by atoms with Gasteiger partial charge in [0.15, 0.2) is 5.96 Å². The van der Waals surface area contributed by atoms with Crippen molar-refractivity contribution in [3.05, 3.63) is 35.9 Å². The van der Waals surface area contributed by atoms with Gasteiger partial charge in [0.1, 0.15) is 0 Å². The number of halogens is 1. The Labute approximate surface area is 181 Å². The second-order valence-electron chi connectivity index (χ2n) is 8.85. The van der Waals surface area contributed by atoms with Crippen molar-refractivity contribution in [1.29, 1.82) is 0 Å². The van der Waals surface area contributed by atoms with Gasteiger partial charge in [0.2, 0.25) is 0 Å². The molecule has 3 aliphatic rings. The molecule has 150 valence electrons. The van der Waals surface area contributed by atoms with Gasteiger partial charge in [-0.15, -0.1) is 24.0 Å². The third kappa shape index (κ3) is 4.14. The molecule has 1 aliphatic carbocycles. The molecule has 1 aromatic rings. The molecule has 2 aliphatic heterocycles. The van der Waals surface area contributed by atoms with Crippen LogP contribution >= 0.6 is 24.0 Å². The number of aliphatic imine (C=N–C) groups is 1. The highest BCUT2D eigenvalue weighted by Crippen LogP contribution is 2.52. The van der Waals surface area contributed by atoms with Gasteiger partial charge < -0.3 is 15.0 Å². The summed E-state index contributed by atoms with van der Waals surface area (Å²) in [6.07, 6.45) is 5.31. The van der Waals surface area contributed by atoms with Crippen LogP contribution in [-0.4, -0.2) is 49.7 Å². The summed E-state index contributed by atoms with van der Waals surface area (Å²) in [5.41, 5.74) is 1.67. The highest BCUT2D eigenvalue weighted by Gasteiger charge is 2.59. The molecule has 0 bridgehead atoms. The van der Waals surface area contributed by atoms with Crippen LogP contribution in [0.5, 0.6) is 0 Å². The van der Waals surface area contributed by atoms with Crippen molar-refractivity contribution in [3.63, 3.8) is 0 Å². The number of nitrogens with zero attached hydrogens (tertiary/aromatic N) is 2. The zero-order valence-corrected chi connectivity index (χ0v) is 19.2. The number of fused-ring (bicyclic) bond motifs is 1. The minimum absolute atomic E-state index is 0. The van der Waals surface area contributed by atoms with Crippen LogP contribution in [-0.2, 0) is 11.2 Å². The molecule has 0 aromatic heterocycles. The molecule has 3 unspecified atom stereocenters. The molecule has 1 aromatic carbocycles. The first-order chi connectivity index (χ1) is 12.6. The molecule has 4 rings (SSSR count). The summed E-state index contributed by atoms with van der Waals surface area (Å²) in [7, 11) is 1.92. The summed E-state index contributed by atoms with van der Waals surface area (Å²) in [5.74, 6) is 2.53. The van der Waals surface area contributed by atoms with E-state index >= 15 is 0 Å². The van der Waals surface area contributed by atoms with Gasteiger partial charge in [-0.05, 0) is 37.2 Å². The third-order valence-corrected chi connectivity index (χ3v) is 6.88. The van der Waals surface area contributed by atoms with E-state index in [2.05, 4.69) is 59.4 Å². The normalized spacial score (nSPS) is 30.3. The molecule has 3 atom stereocenters. The van der Waals surface area contributed by atoms with E-state index in [0.29, 0.717) is 18.1 Å². The number of hydrogen-bond acceptors (Lipinski definition) is 2. The fourth-order valence-corrected chi connectivity index (χ4v) is 5.35. The second-order valence-corrected chi connectivity index (χ2v) is 8.85. The van der Waals surface area contributed by atoms with Gasteiger partial charge in [-0.1, -0.05) is 44.2 Å². The van der Waals surface area contributed by atoms with E-state index in [4.69, 9.17) is 4.74 Å². The average Bonchev–Trinajstić information content (AvgIpc) is 3.11. The topological polar surface area (TPSA) is 36.9 Å². The van der Waals surface area contributed by atoms with E-state index in [1.807, 2.05) is 7.05 Å². The number of hydrogen-bond donors (Lipinski definition) is 1.